The summed E-state index contributed by atoms with van der Waals surface area (Å²) in [5.74, 6) is 0.793. The Morgan fingerprint density at radius 2 is 2.08 bits per heavy atom. The molecule has 36 heavy (non-hydrogen) atoms. The van der Waals surface area contributed by atoms with Crippen LogP contribution in [0.2, 0.25) is 0 Å². The molecule has 10 heteroatoms. The van der Waals surface area contributed by atoms with Gasteiger partial charge in [0.15, 0.2) is 0 Å². The topological polar surface area (TPSA) is 103 Å². The van der Waals surface area contributed by atoms with E-state index >= 15 is 0 Å². The first-order valence-electron chi connectivity index (χ1n) is 11.7. The monoisotopic (exact) mass is 490 g/mol. The minimum absolute atomic E-state index is 0.0657. The van der Waals surface area contributed by atoms with Gasteiger partial charge in [0.25, 0.3) is 5.91 Å². The number of anilines is 1. The zero-order chi connectivity index (χ0) is 25.2. The molecular formula is C26H27FN6O3. The van der Waals surface area contributed by atoms with E-state index in [2.05, 4.69) is 32.5 Å². The van der Waals surface area contributed by atoms with Crippen LogP contribution in [0.1, 0.15) is 34.8 Å². The average Bonchev–Trinajstić information content (AvgIpc) is 3.23. The standard InChI is InChI=1S/C26H27FN6O3/c1-15(19-5-4-16(26(34)28-2)6-23(19)35-3)9-29-24-8-22(31-14-32-24)21-11-33(18-12-36-13-18)25-20(21)7-17(27)10-30-25/h4-8,10-11,14-15,18H,9,12-13H2,1-3H3,(H,28,34)(H,29,31,32)/t15-/m1/s1. The summed E-state index contributed by atoms with van der Waals surface area (Å²) in [5.41, 5.74) is 3.67. The molecular weight excluding hydrogens is 463 g/mol. The first-order chi connectivity index (χ1) is 17.5. The first-order valence-corrected chi connectivity index (χ1v) is 11.7. The largest absolute Gasteiger partial charge is 0.496 e. The third-order valence-corrected chi connectivity index (χ3v) is 6.44. The second-order valence-corrected chi connectivity index (χ2v) is 8.77. The number of pyridine rings is 1. The number of methoxy groups -OCH3 is 1. The van der Waals surface area contributed by atoms with Crippen LogP contribution in [-0.2, 0) is 4.74 Å². The van der Waals surface area contributed by atoms with Crippen LogP contribution < -0.4 is 15.4 Å². The lowest BCUT2D eigenvalue weighted by Gasteiger charge is -2.27. The highest BCUT2D eigenvalue weighted by Gasteiger charge is 2.25. The second-order valence-electron chi connectivity index (χ2n) is 8.77. The highest BCUT2D eigenvalue weighted by molar-refractivity contribution is 5.94. The molecule has 0 saturated carbocycles. The number of fused-ring (bicyclic) bond motifs is 1. The van der Waals surface area contributed by atoms with Gasteiger partial charge < -0.3 is 24.7 Å². The van der Waals surface area contributed by atoms with Crippen molar-refractivity contribution in [2.24, 2.45) is 0 Å². The molecule has 4 heterocycles. The molecule has 9 nitrogen and oxygen atoms in total. The third kappa shape index (κ3) is 4.47. The Bertz CT molecular complexity index is 1420. The Labute approximate surface area is 207 Å². The molecule has 4 aromatic rings. The summed E-state index contributed by atoms with van der Waals surface area (Å²) in [5, 5.41) is 6.68. The zero-order valence-corrected chi connectivity index (χ0v) is 20.3. The number of carbonyl (C=O) groups excluding carboxylic acids is 1. The lowest BCUT2D eigenvalue weighted by atomic mass is 9.98. The second kappa shape index (κ2) is 9.90. The number of nitrogens with zero attached hydrogens (tertiary/aromatic N) is 4. The average molecular weight is 491 g/mol. The summed E-state index contributed by atoms with van der Waals surface area (Å²) in [7, 11) is 3.19. The molecule has 1 aromatic carbocycles. The van der Waals surface area contributed by atoms with E-state index in [1.165, 1.54) is 18.6 Å². The predicted octanol–water partition coefficient (Wildman–Crippen LogP) is 3.79. The molecule has 1 amide bonds. The van der Waals surface area contributed by atoms with Crippen LogP contribution in [0, 0.1) is 5.82 Å². The Morgan fingerprint density at radius 3 is 2.81 bits per heavy atom. The van der Waals surface area contributed by atoms with Gasteiger partial charge in [0.2, 0.25) is 0 Å². The van der Waals surface area contributed by atoms with E-state index in [0.717, 1.165) is 11.1 Å². The van der Waals surface area contributed by atoms with Gasteiger partial charge in [-0.3, -0.25) is 4.79 Å². The fraction of sp³-hybridized carbons (Fsp3) is 0.308. The maximum Gasteiger partial charge on any atom is 0.251 e. The molecule has 0 aliphatic carbocycles. The number of ether oxygens (including phenoxy) is 2. The molecule has 0 bridgehead atoms. The molecule has 2 N–H and O–H groups in total. The number of amides is 1. The van der Waals surface area contributed by atoms with E-state index < -0.39 is 5.82 Å². The molecule has 3 aromatic heterocycles. The molecule has 1 saturated heterocycles. The Hall–Kier alpha value is -4.05. The predicted molar refractivity (Wildman–Crippen MR) is 134 cm³/mol. The molecule has 1 aliphatic rings. The Morgan fingerprint density at radius 1 is 1.25 bits per heavy atom. The number of rotatable bonds is 8. The van der Waals surface area contributed by atoms with E-state index in [1.54, 1.807) is 26.3 Å². The van der Waals surface area contributed by atoms with Crippen LogP contribution in [-0.4, -0.2) is 59.3 Å². The molecule has 1 atom stereocenters. The smallest absolute Gasteiger partial charge is 0.251 e. The van der Waals surface area contributed by atoms with E-state index in [-0.39, 0.29) is 17.9 Å². The van der Waals surface area contributed by atoms with Crippen LogP contribution in [0.5, 0.6) is 5.75 Å². The normalized spacial score (nSPS) is 14.3. The van der Waals surface area contributed by atoms with Crippen molar-refractivity contribution in [3.8, 4) is 17.0 Å². The summed E-state index contributed by atoms with van der Waals surface area (Å²) in [6, 6.07) is 8.93. The minimum Gasteiger partial charge on any atom is -0.496 e. The van der Waals surface area contributed by atoms with Crippen LogP contribution in [0.15, 0.2) is 49.1 Å². The van der Waals surface area contributed by atoms with Gasteiger partial charge in [0.1, 0.15) is 29.4 Å². The molecule has 0 unspecified atom stereocenters. The van der Waals surface area contributed by atoms with Gasteiger partial charge in [-0.1, -0.05) is 13.0 Å². The van der Waals surface area contributed by atoms with E-state index in [4.69, 9.17) is 9.47 Å². The number of carbonyl (C=O) groups is 1. The van der Waals surface area contributed by atoms with Gasteiger partial charge in [0, 0.05) is 48.3 Å². The molecule has 1 aliphatic heterocycles. The molecule has 0 radical (unpaired) electrons. The van der Waals surface area contributed by atoms with Gasteiger partial charge in [0.05, 0.1) is 38.3 Å². The van der Waals surface area contributed by atoms with Gasteiger partial charge in [-0.05, 0) is 23.8 Å². The molecule has 5 rings (SSSR count). The van der Waals surface area contributed by atoms with Crippen molar-refractivity contribution >= 4 is 22.8 Å². The number of hydrogen-bond acceptors (Lipinski definition) is 7. The fourth-order valence-electron chi connectivity index (χ4n) is 4.34. The van der Waals surface area contributed by atoms with Gasteiger partial charge in [-0.15, -0.1) is 0 Å². The SMILES string of the molecule is CNC(=O)c1ccc([C@H](C)CNc2cc(-c3cn(C4COC4)c4ncc(F)cc34)ncn2)c(OC)c1. The van der Waals surface area contributed by atoms with E-state index in [1.807, 2.05) is 22.9 Å². The summed E-state index contributed by atoms with van der Waals surface area (Å²) in [4.78, 5) is 25.1. The lowest BCUT2D eigenvalue weighted by Crippen LogP contribution is -2.30. The van der Waals surface area contributed by atoms with Gasteiger partial charge in [-0.25, -0.2) is 19.3 Å². The van der Waals surface area contributed by atoms with E-state index in [0.29, 0.717) is 53.6 Å². The maximum absolute atomic E-state index is 14.1. The maximum atomic E-state index is 14.1. The number of hydrogen-bond donors (Lipinski definition) is 2. The van der Waals surface area contributed by atoms with E-state index in [9.17, 15) is 9.18 Å². The lowest BCUT2D eigenvalue weighted by molar-refractivity contribution is -0.0215. The zero-order valence-electron chi connectivity index (χ0n) is 20.3. The molecule has 1 fully saturated rings. The van der Waals surface area contributed by atoms with Crippen LogP contribution in [0.4, 0.5) is 10.2 Å². The molecule has 0 spiro atoms. The van der Waals surface area contributed by atoms with Gasteiger partial charge in [-0.2, -0.15) is 0 Å². The number of nitrogens with one attached hydrogen (secondary N) is 2. The van der Waals surface area contributed by atoms with Gasteiger partial charge >= 0.3 is 0 Å². The summed E-state index contributed by atoms with van der Waals surface area (Å²) in [6.07, 6.45) is 4.67. The summed E-state index contributed by atoms with van der Waals surface area (Å²) >= 11 is 0. The van der Waals surface area contributed by atoms with Crippen molar-refractivity contribution in [1.29, 1.82) is 0 Å². The van der Waals surface area contributed by atoms with Crippen molar-refractivity contribution in [3.05, 3.63) is 66.0 Å². The number of halogens is 1. The summed E-state index contributed by atoms with van der Waals surface area (Å²) < 4.78 is 27.0. The van der Waals surface area contributed by atoms with Crippen LogP contribution in [0.3, 0.4) is 0 Å². The van der Waals surface area contributed by atoms with Crippen molar-refractivity contribution in [3.63, 3.8) is 0 Å². The fourth-order valence-corrected chi connectivity index (χ4v) is 4.34. The number of benzene rings is 1. The summed E-state index contributed by atoms with van der Waals surface area (Å²) in [6.45, 7) is 3.84. The Kier molecular flexibility index (Phi) is 6.51. The van der Waals surface area contributed by atoms with Crippen LogP contribution >= 0.6 is 0 Å². The highest BCUT2D eigenvalue weighted by atomic mass is 19.1. The van der Waals surface area contributed by atoms with Crippen molar-refractivity contribution in [2.45, 2.75) is 18.9 Å². The van der Waals surface area contributed by atoms with Crippen molar-refractivity contribution < 1.29 is 18.7 Å². The number of aromatic nitrogens is 4. The minimum atomic E-state index is -0.399. The van der Waals surface area contributed by atoms with Crippen LogP contribution in [0.25, 0.3) is 22.3 Å². The van der Waals surface area contributed by atoms with Crippen molar-refractivity contribution in [2.75, 3.05) is 39.2 Å². The first kappa shape index (κ1) is 23.7. The Balaban J connectivity index is 1.38. The molecule has 186 valence electrons. The van der Waals surface area contributed by atoms with Crippen molar-refractivity contribution in [1.82, 2.24) is 24.8 Å². The quantitative estimate of drug-likeness (QED) is 0.387. The third-order valence-electron chi connectivity index (χ3n) is 6.44. The highest BCUT2D eigenvalue weighted by Crippen LogP contribution is 2.34.